The summed E-state index contributed by atoms with van der Waals surface area (Å²) in [4.78, 5) is 53.5. The Balaban J connectivity index is 0.00000541. The Bertz CT molecular complexity index is 1630. The van der Waals surface area contributed by atoms with Gasteiger partial charge in [0.2, 0.25) is 17.7 Å². The summed E-state index contributed by atoms with van der Waals surface area (Å²) in [5.41, 5.74) is 2.77. The zero-order valence-corrected chi connectivity index (χ0v) is 30.4. The van der Waals surface area contributed by atoms with Crippen molar-refractivity contribution in [2.75, 3.05) is 51.5 Å². The molecule has 0 aliphatic carbocycles. The van der Waals surface area contributed by atoms with Crippen molar-refractivity contribution in [1.82, 2.24) is 30.4 Å². The van der Waals surface area contributed by atoms with E-state index in [0.29, 0.717) is 53.5 Å². The number of hydrogen-bond donors (Lipinski definition) is 4. The third-order valence-electron chi connectivity index (χ3n) is 9.55. The van der Waals surface area contributed by atoms with Gasteiger partial charge in [0.1, 0.15) is 30.0 Å². The molecule has 2 fully saturated rings. The van der Waals surface area contributed by atoms with Gasteiger partial charge in [-0.3, -0.25) is 14.4 Å². The number of carbonyl (C=O) groups excluding carboxylic acids is 3. The number of rotatable bonds is 10. The molecule has 49 heavy (non-hydrogen) atoms. The van der Waals surface area contributed by atoms with Crippen molar-refractivity contribution in [3.8, 4) is 5.75 Å². The molecule has 4 atom stereocenters. The topological polar surface area (TPSA) is 141 Å². The Morgan fingerprint density at radius 1 is 1.02 bits per heavy atom. The van der Waals surface area contributed by atoms with Gasteiger partial charge in [-0.25, -0.2) is 9.97 Å². The smallest absolute Gasteiger partial charge is 0.247 e. The van der Waals surface area contributed by atoms with Crippen molar-refractivity contribution >= 4 is 58.2 Å². The number of hydrogen-bond acceptors (Lipinski definition) is 9. The molecule has 4 N–H and O–H groups in total. The zero-order chi connectivity index (χ0) is 34.6. The Hall–Kier alpha value is -4.00. The van der Waals surface area contributed by atoms with Crippen LogP contribution in [0, 0.1) is 5.41 Å². The van der Waals surface area contributed by atoms with E-state index in [4.69, 9.17) is 4.74 Å². The van der Waals surface area contributed by atoms with Crippen LogP contribution >= 0.6 is 12.4 Å². The van der Waals surface area contributed by atoms with E-state index in [1.165, 1.54) is 31.8 Å². The molecule has 12 nitrogen and oxygen atoms in total. The van der Waals surface area contributed by atoms with E-state index < -0.39 is 23.5 Å². The Morgan fingerprint density at radius 2 is 1.73 bits per heavy atom. The molecule has 0 bridgehead atoms. The number of fused-ring (bicyclic) bond motifs is 1. The maximum absolute atomic E-state index is 13.9. The molecule has 5 rings (SSSR count). The van der Waals surface area contributed by atoms with Crippen LogP contribution in [0.15, 0.2) is 42.7 Å². The fraction of sp³-hybridized carbons (Fsp3) is 0.528. The van der Waals surface area contributed by atoms with Crippen molar-refractivity contribution in [2.45, 2.75) is 77.4 Å². The third kappa shape index (κ3) is 8.78. The van der Waals surface area contributed by atoms with Crippen LogP contribution in [0.4, 0.5) is 17.2 Å². The van der Waals surface area contributed by atoms with Crippen molar-refractivity contribution < 1.29 is 19.1 Å². The second kappa shape index (κ2) is 16.1. The molecule has 2 aliphatic heterocycles. The van der Waals surface area contributed by atoms with E-state index >= 15 is 0 Å². The van der Waals surface area contributed by atoms with Crippen LogP contribution in [0.3, 0.4) is 0 Å². The summed E-state index contributed by atoms with van der Waals surface area (Å²) in [6.45, 7) is 10.1. The number of ether oxygens (including phenoxy) is 1. The van der Waals surface area contributed by atoms with Gasteiger partial charge in [0.25, 0.3) is 0 Å². The summed E-state index contributed by atoms with van der Waals surface area (Å²) < 4.78 is 5.65. The van der Waals surface area contributed by atoms with Crippen LogP contribution < -0.4 is 26.0 Å². The summed E-state index contributed by atoms with van der Waals surface area (Å²) in [6.07, 6.45) is 5.08. The van der Waals surface area contributed by atoms with Crippen LogP contribution in [0.2, 0.25) is 0 Å². The first-order chi connectivity index (χ1) is 22.9. The standard InChI is InChI=1S/C36H50N8O4.ClH/c1-22(37-5)33(45)42-31(36(2,3)4)35(47)44-17-9-11-29(44)34(46)41-28-18-26-27(19-30(28)48-7)38-21-39-32(26)40-25-14-12-23(13-15-25)24-10-8-16-43(6)20-24;/h12-15,18-19,21-22,24,29,31,37H,8-11,16-17,20H2,1-7H3,(H,41,46)(H,42,45)(H,38,39,40);1H/t22-,24?,29-,31+;/m0./s1. The van der Waals surface area contributed by atoms with Gasteiger partial charge in [0.05, 0.1) is 24.4 Å². The quantitative estimate of drug-likeness (QED) is 0.238. The number of likely N-dealkylation sites (tertiary alicyclic amines) is 2. The number of anilines is 3. The molecule has 1 unspecified atom stereocenters. The lowest BCUT2D eigenvalue weighted by atomic mass is 9.85. The van der Waals surface area contributed by atoms with Gasteiger partial charge < -0.3 is 35.8 Å². The van der Waals surface area contributed by atoms with E-state index in [0.717, 1.165) is 18.8 Å². The van der Waals surface area contributed by atoms with E-state index in [9.17, 15) is 14.4 Å². The summed E-state index contributed by atoms with van der Waals surface area (Å²) in [6, 6.07) is 10.1. The molecule has 3 heterocycles. The number of piperidine rings is 1. The first kappa shape index (κ1) is 37.8. The lowest BCUT2D eigenvalue weighted by molar-refractivity contribution is -0.143. The van der Waals surface area contributed by atoms with Gasteiger partial charge in [-0.2, -0.15) is 0 Å². The van der Waals surface area contributed by atoms with E-state index in [2.05, 4.69) is 67.4 Å². The summed E-state index contributed by atoms with van der Waals surface area (Å²) in [7, 11) is 5.41. The van der Waals surface area contributed by atoms with Gasteiger partial charge >= 0.3 is 0 Å². The number of carbonyl (C=O) groups is 3. The number of aromatic nitrogens is 2. The van der Waals surface area contributed by atoms with Gasteiger partial charge in [-0.1, -0.05) is 32.9 Å². The molecule has 3 amide bonds. The summed E-state index contributed by atoms with van der Waals surface area (Å²) in [5.74, 6) is 0.703. The lowest BCUT2D eigenvalue weighted by Crippen LogP contribution is -2.59. The van der Waals surface area contributed by atoms with Crippen molar-refractivity contribution in [3.63, 3.8) is 0 Å². The van der Waals surface area contributed by atoms with Crippen LogP contribution in [-0.4, -0.2) is 96.5 Å². The maximum Gasteiger partial charge on any atom is 0.247 e. The van der Waals surface area contributed by atoms with Crippen molar-refractivity contribution in [1.29, 1.82) is 0 Å². The number of amides is 3. The zero-order valence-electron chi connectivity index (χ0n) is 29.6. The number of methoxy groups -OCH3 is 1. The summed E-state index contributed by atoms with van der Waals surface area (Å²) in [5, 5.41) is 13.0. The second-order valence-corrected chi connectivity index (χ2v) is 14.1. The van der Waals surface area contributed by atoms with E-state index in [1.807, 2.05) is 20.8 Å². The van der Waals surface area contributed by atoms with E-state index in [1.54, 1.807) is 31.0 Å². The van der Waals surface area contributed by atoms with Gasteiger partial charge in [-0.15, -0.1) is 12.4 Å². The molecular formula is C36H51ClN8O4. The molecule has 2 aromatic carbocycles. The first-order valence-electron chi connectivity index (χ1n) is 16.9. The van der Waals surface area contributed by atoms with Crippen molar-refractivity contribution in [3.05, 3.63) is 48.3 Å². The molecule has 0 radical (unpaired) electrons. The highest BCUT2D eigenvalue weighted by atomic mass is 35.5. The highest BCUT2D eigenvalue weighted by Crippen LogP contribution is 2.35. The Labute approximate surface area is 295 Å². The predicted octanol–water partition coefficient (Wildman–Crippen LogP) is 4.68. The van der Waals surface area contributed by atoms with Crippen LogP contribution in [0.25, 0.3) is 10.9 Å². The fourth-order valence-electron chi connectivity index (χ4n) is 6.60. The Morgan fingerprint density at radius 3 is 2.39 bits per heavy atom. The van der Waals surface area contributed by atoms with Gasteiger partial charge in [-0.05, 0) is 88.3 Å². The molecular weight excluding hydrogens is 644 g/mol. The molecule has 2 saturated heterocycles. The molecule has 0 spiro atoms. The number of nitrogens with one attached hydrogen (secondary N) is 4. The van der Waals surface area contributed by atoms with Gasteiger partial charge in [0, 0.05) is 30.2 Å². The molecule has 266 valence electrons. The SMILES string of the molecule is CN[C@@H](C)C(=O)N[C@H](C(=O)N1CCC[C@H]1C(=O)Nc1cc2c(Nc3ccc(C4CCCN(C)C4)cc3)ncnc2cc1OC)C(C)(C)C.Cl. The predicted molar refractivity (Wildman–Crippen MR) is 196 cm³/mol. The number of benzene rings is 2. The first-order valence-corrected chi connectivity index (χ1v) is 16.9. The minimum Gasteiger partial charge on any atom is -0.494 e. The molecule has 0 saturated carbocycles. The monoisotopic (exact) mass is 694 g/mol. The van der Waals surface area contributed by atoms with Crippen LogP contribution in [0.1, 0.15) is 64.9 Å². The highest BCUT2D eigenvalue weighted by molar-refractivity contribution is 6.03. The van der Waals surface area contributed by atoms with Crippen LogP contribution in [0.5, 0.6) is 5.75 Å². The molecule has 1 aromatic heterocycles. The second-order valence-electron chi connectivity index (χ2n) is 14.1. The summed E-state index contributed by atoms with van der Waals surface area (Å²) >= 11 is 0. The minimum atomic E-state index is -0.798. The highest BCUT2D eigenvalue weighted by Gasteiger charge is 2.42. The normalized spacial score (nSPS) is 19.4. The lowest BCUT2D eigenvalue weighted by Gasteiger charge is -2.36. The average Bonchev–Trinajstić information content (AvgIpc) is 3.57. The fourth-order valence-corrected chi connectivity index (χ4v) is 6.60. The minimum absolute atomic E-state index is 0. The largest absolute Gasteiger partial charge is 0.494 e. The third-order valence-corrected chi connectivity index (χ3v) is 9.55. The molecule has 13 heteroatoms. The Kier molecular flexibility index (Phi) is 12.5. The molecule has 2 aliphatic rings. The van der Waals surface area contributed by atoms with Crippen LogP contribution in [-0.2, 0) is 14.4 Å². The number of likely N-dealkylation sites (N-methyl/N-ethyl adjacent to an activating group) is 2. The number of nitrogens with zero attached hydrogens (tertiary/aromatic N) is 4. The van der Waals surface area contributed by atoms with Gasteiger partial charge in [0.15, 0.2) is 0 Å². The maximum atomic E-state index is 13.9. The average molecular weight is 695 g/mol. The van der Waals surface area contributed by atoms with Crippen molar-refractivity contribution in [2.24, 2.45) is 5.41 Å². The van der Waals surface area contributed by atoms with E-state index in [-0.39, 0.29) is 30.1 Å². The molecule has 3 aromatic rings. The number of halogens is 1.